The van der Waals surface area contributed by atoms with Crippen molar-refractivity contribution in [2.45, 2.75) is 6.54 Å². The van der Waals surface area contributed by atoms with Crippen molar-refractivity contribution in [2.75, 3.05) is 26.6 Å². The van der Waals surface area contributed by atoms with Crippen LogP contribution in [0, 0.1) is 0 Å². The van der Waals surface area contributed by atoms with Crippen LogP contribution in [0.1, 0.15) is 5.69 Å². The number of methoxy groups -OCH3 is 3. The molecule has 0 atom stereocenters. The summed E-state index contributed by atoms with van der Waals surface area (Å²) in [5.41, 5.74) is 1.62. The van der Waals surface area contributed by atoms with E-state index in [9.17, 15) is 0 Å². The van der Waals surface area contributed by atoms with Crippen molar-refractivity contribution >= 4 is 17.3 Å². The molecule has 0 aliphatic heterocycles. The lowest BCUT2D eigenvalue weighted by atomic mass is 10.2. The van der Waals surface area contributed by atoms with Crippen LogP contribution in [-0.2, 0) is 6.54 Å². The zero-order valence-electron chi connectivity index (χ0n) is 12.1. The third-order valence-corrected chi connectivity index (χ3v) is 3.22. The first-order valence-electron chi connectivity index (χ1n) is 6.33. The van der Waals surface area contributed by atoms with Gasteiger partial charge in [-0.15, -0.1) is 0 Å². The zero-order valence-corrected chi connectivity index (χ0v) is 12.9. The van der Waals surface area contributed by atoms with E-state index in [-0.39, 0.29) is 0 Å². The zero-order chi connectivity index (χ0) is 15.2. The van der Waals surface area contributed by atoms with Gasteiger partial charge in [-0.1, -0.05) is 17.7 Å². The second-order valence-electron chi connectivity index (χ2n) is 4.21. The van der Waals surface area contributed by atoms with Crippen LogP contribution in [0.15, 0.2) is 30.3 Å². The third kappa shape index (κ3) is 3.70. The minimum atomic E-state index is 0.513. The van der Waals surface area contributed by atoms with Crippen molar-refractivity contribution in [3.63, 3.8) is 0 Å². The molecule has 6 heteroatoms. The Bertz CT molecular complexity index is 620. The van der Waals surface area contributed by atoms with Gasteiger partial charge in [-0.05, 0) is 12.1 Å². The topological polar surface area (TPSA) is 52.6 Å². The molecule has 0 radical (unpaired) electrons. The average Bonchev–Trinajstić information content (AvgIpc) is 2.53. The van der Waals surface area contributed by atoms with Crippen LogP contribution in [0.2, 0.25) is 5.02 Å². The summed E-state index contributed by atoms with van der Waals surface area (Å²) in [6.07, 6.45) is 0. The Balaban J connectivity index is 2.17. The number of nitrogens with one attached hydrogen (secondary N) is 1. The molecule has 1 aromatic heterocycles. The average molecular weight is 309 g/mol. The Labute approximate surface area is 128 Å². The standard InChI is InChI=1S/C15H17ClN2O3/c1-19-13-8-14(20-2)12(7-11(13)16)17-9-10-5-4-6-15(18-10)21-3/h4-8,17H,9H2,1-3H3. The smallest absolute Gasteiger partial charge is 0.213 e. The predicted octanol–water partition coefficient (Wildman–Crippen LogP) is 3.37. The lowest BCUT2D eigenvalue weighted by Crippen LogP contribution is -2.04. The minimum absolute atomic E-state index is 0.513. The van der Waals surface area contributed by atoms with Crippen LogP contribution in [0.4, 0.5) is 5.69 Å². The highest BCUT2D eigenvalue weighted by Crippen LogP contribution is 2.36. The summed E-state index contributed by atoms with van der Waals surface area (Å²) in [4.78, 5) is 4.33. The van der Waals surface area contributed by atoms with Crippen LogP contribution in [0.3, 0.4) is 0 Å². The number of rotatable bonds is 6. The van der Waals surface area contributed by atoms with Gasteiger partial charge in [-0.3, -0.25) is 0 Å². The van der Waals surface area contributed by atoms with Crippen molar-refractivity contribution < 1.29 is 14.2 Å². The molecule has 0 saturated carbocycles. The molecular formula is C15H17ClN2O3. The van der Waals surface area contributed by atoms with Crippen molar-refractivity contribution in [3.8, 4) is 17.4 Å². The molecule has 0 fully saturated rings. The molecule has 0 unspecified atom stereocenters. The second-order valence-corrected chi connectivity index (χ2v) is 4.62. The number of pyridine rings is 1. The molecule has 0 saturated heterocycles. The van der Waals surface area contributed by atoms with Gasteiger partial charge in [-0.25, -0.2) is 4.98 Å². The number of hydrogen-bond donors (Lipinski definition) is 1. The molecule has 0 aliphatic carbocycles. The van der Waals surface area contributed by atoms with Gasteiger partial charge in [0.25, 0.3) is 0 Å². The van der Waals surface area contributed by atoms with E-state index in [1.807, 2.05) is 12.1 Å². The molecule has 0 spiro atoms. The number of halogens is 1. The van der Waals surface area contributed by atoms with E-state index in [0.717, 1.165) is 11.4 Å². The molecule has 2 aromatic rings. The highest BCUT2D eigenvalue weighted by Gasteiger charge is 2.10. The molecule has 0 bridgehead atoms. The fourth-order valence-electron chi connectivity index (χ4n) is 1.85. The van der Waals surface area contributed by atoms with Gasteiger partial charge < -0.3 is 19.5 Å². The Kier molecular flexibility index (Phi) is 5.11. The maximum Gasteiger partial charge on any atom is 0.213 e. The molecule has 1 heterocycles. The van der Waals surface area contributed by atoms with E-state index in [2.05, 4.69) is 10.3 Å². The largest absolute Gasteiger partial charge is 0.495 e. The Morgan fingerprint density at radius 3 is 2.48 bits per heavy atom. The van der Waals surface area contributed by atoms with Gasteiger partial charge in [-0.2, -0.15) is 0 Å². The van der Waals surface area contributed by atoms with E-state index in [1.54, 1.807) is 39.5 Å². The van der Waals surface area contributed by atoms with Gasteiger partial charge in [0.05, 0.1) is 44.3 Å². The maximum absolute atomic E-state index is 6.13. The van der Waals surface area contributed by atoms with E-state index < -0.39 is 0 Å². The molecule has 2 rings (SSSR count). The van der Waals surface area contributed by atoms with E-state index >= 15 is 0 Å². The van der Waals surface area contributed by atoms with Crippen LogP contribution in [0.5, 0.6) is 17.4 Å². The first kappa shape index (κ1) is 15.3. The van der Waals surface area contributed by atoms with Gasteiger partial charge in [0.1, 0.15) is 11.5 Å². The summed E-state index contributed by atoms with van der Waals surface area (Å²) in [6.45, 7) is 0.524. The maximum atomic E-state index is 6.13. The first-order chi connectivity index (χ1) is 10.2. The second kappa shape index (κ2) is 7.04. The molecular weight excluding hydrogens is 292 g/mol. The minimum Gasteiger partial charge on any atom is -0.495 e. The van der Waals surface area contributed by atoms with Gasteiger partial charge in [0.2, 0.25) is 5.88 Å². The number of aromatic nitrogens is 1. The number of anilines is 1. The van der Waals surface area contributed by atoms with Crippen molar-refractivity contribution in [2.24, 2.45) is 0 Å². The summed E-state index contributed by atoms with van der Waals surface area (Å²) in [7, 11) is 4.75. The van der Waals surface area contributed by atoms with Crippen molar-refractivity contribution in [1.29, 1.82) is 0 Å². The van der Waals surface area contributed by atoms with Crippen LogP contribution in [-0.4, -0.2) is 26.3 Å². The molecule has 0 amide bonds. The number of ether oxygens (including phenoxy) is 3. The summed E-state index contributed by atoms with van der Waals surface area (Å²) in [6, 6.07) is 9.10. The molecule has 21 heavy (non-hydrogen) atoms. The summed E-state index contributed by atoms with van der Waals surface area (Å²) >= 11 is 6.13. The number of benzene rings is 1. The summed E-state index contributed by atoms with van der Waals surface area (Å²) in [5.74, 6) is 1.80. The molecule has 112 valence electrons. The van der Waals surface area contributed by atoms with Crippen LogP contribution in [0.25, 0.3) is 0 Å². The van der Waals surface area contributed by atoms with Crippen LogP contribution < -0.4 is 19.5 Å². The van der Waals surface area contributed by atoms with E-state index in [4.69, 9.17) is 25.8 Å². The highest BCUT2D eigenvalue weighted by molar-refractivity contribution is 6.32. The Morgan fingerprint density at radius 1 is 1.05 bits per heavy atom. The Morgan fingerprint density at radius 2 is 1.81 bits per heavy atom. The van der Waals surface area contributed by atoms with Crippen molar-refractivity contribution in [1.82, 2.24) is 4.98 Å². The molecule has 1 N–H and O–H groups in total. The van der Waals surface area contributed by atoms with E-state index in [1.165, 1.54) is 0 Å². The fraction of sp³-hybridized carbons (Fsp3) is 0.267. The molecule has 5 nitrogen and oxygen atoms in total. The number of hydrogen-bond acceptors (Lipinski definition) is 5. The van der Waals surface area contributed by atoms with Gasteiger partial charge in [0.15, 0.2) is 0 Å². The molecule has 1 aromatic carbocycles. The SMILES string of the molecule is COc1cccc(CNc2cc(Cl)c(OC)cc2OC)n1. The summed E-state index contributed by atoms with van der Waals surface area (Å²) < 4.78 is 15.6. The van der Waals surface area contributed by atoms with Gasteiger partial charge >= 0.3 is 0 Å². The fourth-order valence-corrected chi connectivity index (χ4v) is 2.09. The molecule has 0 aliphatic rings. The lowest BCUT2D eigenvalue weighted by Gasteiger charge is -2.13. The van der Waals surface area contributed by atoms with Gasteiger partial charge in [0, 0.05) is 12.1 Å². The normalized spacial score (nSPS) is 10.1. The predicted molar refractivity (Wildman–Crippen MR) is 82.7 cm³/mol. The van der Waals surface area contributed by atoms with Crippen LogP contribution >= 0.6 is 11.6 Å². The summed E-state index contributed by atoms with van der Waals surface area (Å²) in [5, 5.41) is 3.75. The van der Waals surface area contributed by atoms with E-state index in [0.29, 0.717) is 28.9 Å². The highest BCUT2D eigenvalue weighted by atomic mass is 35.5. The first-order valence-corrected chi connectivity index (χ1v) is 6.71. The third-order valence-electron chi connectivity index (χ3n) is 2.92. The lowest BCUT2D eigenvalue weighted by molar-refractivity contribution is 0.395. The quantitative estimate of drug-likeness (QED) is 0.886. The monoisotopic (exact) mass is 308 g/mol. The van der Waals surface area contributed by atoms with Crippen molar-refractivity contribution in [3.05, 3.63) is 41.0 Å². The number of nitrogens with zero attached hydrogens (tertiary/aromatic N) is 1. The Hall–Kier alpha value is -2.14.